The Kier molecular flexibility index (Phi) is 7.96. The van der Waals surface area contributed by atoms with Crippen molar-refractivity contribution in [2.45, 2.75) is 12.5 Å². The molecule has 1 N–H and O–H groups in total. The third kappa shape index (κ3) is 6.54. The minimum atomic E-state index is -0.519. The fourth-order valence-corrected chi connectivity index (χ4v) is 2.89. The third-order valence-electron chi connectivity index (χ3n) is 4.55. The lowest BCUT2D eigenvalue weighted by Crippen LogP contribution is -2.17. The van der Waals surface area contributed by atoms with Crippen molar-refractivity contribution in [2.24, 2.45) is 0 Å². The molecule has 0 aliphatic rings. The van der Waals surface area contributed by atoms with Gasteiger partial charge < -0.3 is 19.5 Å². The second kappa shape index (κ2) is 11.3. The number of carbonyl (C=O) groups is 2. The quantitative estimate of drug-likeness (QED) is 0.351. The Morgan fingerprint density at radius 2 is 1.70 bits per heavy atom. The Hall–Kier alpha value is -4.39. The lowest BCUT2D eigenvalue weighted by molar-refractivity contribution is -0.115. The fourth-order valence-electron chi connectivity index (χ4n) is 2.89. The summed E-state index contributed by atoms with van der Waals surface area (Å²) < 4.78 is 16.2. The van der Waals surface area contributed by atoms with Crippen LogP contribution in [0.15, 0.2) is 92.2 Å². The number of rotatable bonds is 10. The minimum Gasteiger partial charge on any atom is -0.482 e. The first-order chi connectivity index (χ1) is 16.0. The monoisotopic (exact) mass is 444 g/mol. The van der Waals surface area contributed by atoms with Crippen molar-refractivity contribution < 1.29 is 23.8 Å². The summed E-state index contributed by atoms with van der Waals surface area (Å²) in [7, 11) is 1.29. The maximum atomic E-state index is 12.4. The molecule has 0 fully saturated rings. The van der Waals surface area contributed by atoms with Crippen LogP contribution in [-0.4, -0.2) is 30.1 Å². The zero-order valence-corrected chi connectivity index (χ0v) is 18.2. The lowest BCUT2D eigenvalue weighted by atomic mass is 10.1. The number of ether oxygens (including phenoxy) is 3. The second-order valence-electron chi connectivity index (χ2n) is 6.89. The molecule has 7 heteroatoms. The molecule has 0 bridgehead atoms. The number of esters is 1. The first-order valence-corrected chi connectivity index (χ1v) is 10.1. The van der Waals surface area contributed by atoms with Crippen LogP contribution in [0.5, 0.6) is 17.4 Å². The van der Waals surface area contributed by atoms with Gasteiger partial charge in [-0.2, -0.15) is 0 Å². The summed E-state index contributed by atoms with van der Waals surface area (Å²) in [6.45, 7) is 7.38. The Morgan fingerprint density at radius 3 is 2.33 bits per heavy atom. The number of para-hydroxylation sites is 1. The van der Waals surface area contributed by atoms with Gasteiger partial charge in [0.1, 0.15) is 17.6 Å². The number of hydrogen-bond donors (Lipinski definition) is 1. The van der Waals surface area contributed by atoms with Gasteiger partial charge in [0.2, 0.25) is 11.8 Å². The second-order valence-corrected chi connectivity index (χ2v) is 6.89. The minimum absolute atomic E-state index is 0.0859. The first-order valence-electron chi connectivity index (χ1n) is 10.1. The number of aromatic nitrogens is 1. The molecule has 33 heavy (non-hydrogen) atoms. The van der Waals surface area contributed by atoms with Crippen molar-refractivity contribution in [3.05, 3.63) is 103 Å². The summed E-state index contributed by atoms with van der Waals surface area (Å²) in [6.07, 6.45) is 4.69. The van der Waals surface area contributed by atoms with Gasteiger partial charge in [-0.1, -0.05) is 31.4 Å². The van der Waals surface area contributed by atoms with Crippen molar-refractivity contribution in [2.75, 3.05) is 12.4 Å². The van der Waals surface area contributed by atoms with E-state index < -0.39 is 5.97 Å². The van der Waals surface area contributed by atoms with Crippen molar-refractivity contribution in [1.82, 2.24) is 4.98 Å². The van der Waals surface area contributed by atoms with E-state index in [4.69, 9.17) is 14.2 Å². The summed E-state index contributed by atoms with van der Waals surface area (Å²) >= 11 is 0. The van der Waals surface area contributed by atoms with E-state index in [-0.39, 0.29) is 24.0 Å². The van der Waals surface area contributed by atoms with Gasteiger partial charge in [-0.3, -0.25) is 4.79 Å². The SMILES string of the molecule is C=CC(C=C)Oc1ccc(Oc2ccc(CC(=O)Nc3ccccc3C(=O)OC)cn2)cc1. The van der Waals surface area contributed by atoms with Gasteiger partial charge in [0.15, 0.2) is 0 Å². The van der Waals surface area contributed by atoms with Gasteiger partial charge in [-0.25, -0.2) is 9.78 Å². The molecule has 0 radical (unpaired) electrons. The van der Waals surface area contributed by atoms with Crippen LogP contribution in [0.25, 0.3) is 0 Å². The van der Waals surface area contributed by atoms with E-state index in [0.29, 0.717) is 28.6 Å². The van der Waals surface area contributed by atoms with Gasteiger partial charge >= 0.3 is 5.97 Å². The molecule has 7 nitrogen and oxygen atoms in total. The number of nitrogens with zero attached hydrogens (tertiary/aromatic N) is 1. The van der Waals surface area contributed by atoms with E-state index in [1.165, 1.54) is 7.11 Å². The molecular formula is C26H24N2O5. The van der Waals surface area contributed by atoms with E-state index in [1.807, 2.05) is 0 Å². The van der Waals surface area contributed by atoms with Crippen LogP contribution in [0.4, 0.5) is 5.69 Å². The largest absolute Gasteiger partial charge is 0.482 e. The summed E-state index contributed by atoms with van der Waals surface area (Å²) in [5.41, 5.74) is 1.37. The molecule has 0 unspecified atom stereocenters. The molecule has 168 valence electrons. The molecule has 3 rings (SSSR count). The maximum absolute atomic E-state index is 12.4. The van der Waals surface area contributed by atoms with E-state index in [2.05, 4.69) is 23.5 Å². The Labute approximate surface area is 192 Å². The van der Waals surface area contributed by atoms with E-state index in [1.54, 1.807) is 79.0 Å². The van der Waals surface area contributed by atoms with Gasteiger partial charge in [0, 0.05) is 12.3 Å². The van der Waals surface area contributed by atoms with Gasteiger partial charge in [-0.05, 0) is 54.1 Å². The lowest BCUT2D eigenvalue weighted by Gasteiger charge is -2.12. The zero-order valence-electron chi connectivity index (χ0n) is 18.2. The number of hydrogen-bond acceptors (Lipinski definition) is 6. The predicted octanol–water partition coefficient (Wildman–Crippen LogP) is 4.96. The molecule has 0 aliphatic heterocycles. The van der Waals surface area contributed by atoms with Crippen LogP contribution >= 0.6 is 0 Å². The Morgan fingerprint density at radius 1 is 1.00 bits per heavy atom. The maximum Gasteiger partial charge on any atom is 0.339 e. The van der Waals surface area contributed by atoms with E-state index in [0.717, 1.165) is 0 Å². The number of anilines is 1. The van der Waals surface area contributed by atoms with Crippen molar-refractivity contribution in [3.63, 3.8) is 0 Å². The van der Waals surface area contributed by atoms with Crippen LogP contribution in [0.2, 0.25) is 0 Å². The summed E-state index contributed by atoms with van der Waals surface area (Å²) in [5.74, 6) is 0.840. The molecule has 0 saturated heterocycles. The predicted molar refractivity (Wildman–Crippen MR) is 126 cm³/mol. The standard InChI is InChI=1S/C26H24N2O5/c1-4-19(5-2)32-20-11-13-21(14-12-20)33-25-15-10-18(17-27-25)16-24(29)28-23-9-7-6-8-22(23)26(30)31-3/h4-15,17,19H,1-2,16H2,3H3,(H,28,29). The highest BCUT2D eigenvalue weighted by molar-refractivity contribution is 6.01. The third-order valence-corrected chi connectivity index (χ3v) is 4.55. The Bertz CT molecular complexity index is 1120. The molecule has 0 saturated carbocycles. The van der Waals surface area contributed by atoms with Crippen molar-refractivity contribution in [1.29, 1.82) is 0 Å². The van der Waals surface area contributed by atoms with Crippen LogP contribution in [0.1, 0.15) is 15.9 Å². The van der Waals surface area contributed by atoms with Crippen LogP contribution in [0.3, 0.4) is 0 Å². The smallest absolute Gasteiger partial charge is 0.339 e. The average molecular weight is 444 g/mol. The zero-order chi connectivity index (χ0) is 23.6. The molecule has 1 aromatic heterocycles. The Balaban J connectivity index is 1.57. The van der Waals surface area contributed by atoms with Gasteiger partial charge in [0.25, 0.3) is 0 Å². The number of benzene rings is 2. The fraction of sp³-hybridized carbons (Fsp3) is 0.115. The first kappa shape index (κ1) is 23.3. The number of nitrogens with one attached hydrogen (secondary N) is 1. The number of pyridine rings is 1. The molecule has 2 aromatic carbocycles. The van der Waals surface area contributed by atoms with Crippen LogP contribution in [0, 0.1) is 0 Å². The number of amides is 1. The van der Waals surface area contributed by atoms with Crippen LogP contribution in [-0.2, 0) is 16.0 Å². The summed E-state index contributed by atoms with van der Waals surface area (Å²) in [6, 6.07) is 17.2. The molecule has 1 amide bonds. The normalized spacial score (nSPS) is 10.2. The molecule has 3 aromatic rings. The topological polar surface area (TPSA) is 86.8 Å². The molecular weight excluding hydrogens is 420 g/mol. The van der Waals surface area contributed by atoms with E-state index in [9.17, 15) is 9.59 Å². The number of carbonyl (C=O) groups excluding carboxylic acids is 2. The molecule has 0 atom stereocenters. The molecule has 0 spiro atoms. The highest BCUT2D eigenvalue weighted by Gasteiger charge is 2.13. The molecule has 0 aliphatic carbocycles. The summed E-state index contributed by atoms with van der Waals surface area (Å²) in [4.78, 5) is 28.5. The number of methoxy groups -OCH3 is 1. The summed E-state index contributed by atoms with van der Waals surface area (Å²) in [5, 5.41) is 2.73. The van der Waals surface area contributed by atoms with Crippen molar-refractivity contribution in [3.8, 4) is 17.4 Å². The highest BCUT2D eigenvalue weighted by atomic mass is 16.5. The van der Waals surface area contributed by atoms with Crippen molar-refractivity contribution >= 4 is 17.6 Å². The van der Waals surface area contributed by atoms with Crippen LogP contribution < -0.4 is 14.8 Å². The molecule has 1 heterocycles. The average Bonchev–Trinajstić information content (AvgIpc) is 2.84. The van der Waals surface area contributed by atoms with Gasteiger partial charge in [-0.15, -0.1) is 0 Å². The van der Waals surface area contributed by atoms with Gasteiger partial charge in [0.05, 0.1) is 24.8 Å². The van der Waals surface area contributed by atoms with E-state index >= 15 is 0 Å². The highest BCUT2D eigenvalue weighted by Crippen LogP contribution is 2.23.